The van der Waals surface area contributed by atoms with E-state index in [1.807, 2.05) is 0 Å². The highest BCUT2D eigenvalue weighted by Crippen LogP contribution is 2.23. The molecule has 1 N–H and O–H groups in total. The number of hydrogen-bond acceptors (Lipinski definition) is 8. The maximum Gasteiger partial charge on any atom is 0.347 e. The molecule has 0 aromatic heterocycles. The van der Waals surface area contributed by atoms with E-state index in [0.717, 1.165) is 0 Å². The molecule has 0 fully saturated rings. The minimum Gasteiger partial charge on any atom is -0.496 e. The molecule has 0 atom stereocenters. The van der Waals surface area contributed by atoms with E-state index in [2.05, 4.69) is 0 Å². The molecule has 158 valence electrons. The van der Waals surface area contributed by atoms with Crippen LogP contribution in [-0.4, -0.2) is 29.1 Å². The van der Waals surface area contributed by atoms with Gasteiger partial charge < -0.3 is 19.3 Å². The molecule has 0 saturated carbocycles. The molecular formula is C22H17NO8. The molecule has 3 aromatic carbocycles. The summed E-state index contributed by atoms with van der Waals surface area (Å²) in [5, 5.41) is 19.8. The average Bonchev–Trinajstić information content (AvgIpc) is 2.79. The van der Waals surface area contributed by atoms with Gasteiger partial charge in [-0.2, -0.15) is 0 Å². The number of carbonyl (C=O) groups is 2. The molecule has 0 spiro atoms. The first kappa shape index (κ1) is 21.5. The third kappa shape index (κ3) is 5.22. The molecule has 0 aliphatic heterocycles. The van der Waals surface area contributed by atoms with Crippen LogP contribution in [0.2, 0.25) is 0 Å². The van der Waals surface area contributed by atoms with Gasteiger partial charge in [-0.1, -0.05) is 6.07 Å². The van der Waals surface area contributed by atoms with Gasteiger partial charge in [0.15, 0.2) is 0 Å². The number of rotatable bonds is 7. The number of carbonyl (C=O) groups excluding carboxylic acids is 2. The molecular weight excluding hydrogens is 406 g/mol. The summed E-state index contributed by atoms with van der Waals surface area (Å²) < 4.78 is 15.6. The third-order valence-electron chi connectivity index (χ3n) is 4.23. The Morgan fingerprint density at radius 1 is 0.903 bits per heavy atom. The van der Waals surface area contributed by atoms with Crippen LogP contribution in [0, 0.1) is 10.1 Å². The SMILES string of the molecule is COc1cc(CO)ccc1C(=O)Oc1ccc(C(=O)Oc2ccc([N+](=O)[O-])cc2)cc1. The fraction of sp³-hybridized carbons (Fsp3) is 0.0909. The van der Waals surface area contributed by atoms with E-state index < -0.39 is 16.9 Å². The van der Waals surface area contributed by atoms with E-state index >= 15 is 0 Å². The highest BCUT2D eigenvalue weighted by atomic mass is 16.6. The van der Waals surface area contributed by atoms with Crippen LogP contribution in [0.5, 0.6) is 17.2 Å². The van der Waals surface area contributed by atoms with E-state index in [0.29, 0.717) is 5.56 Å². The Balaban J connectivity index is 1.66. The second-order valence-corrected chi connectivity index (χ2v) is 6.25. The fourth-order valence-electron chi connectivity index (χ4n) is 2.63. The first-order chi connectivity index (χ1) is 14.9. The van der Waals surface area contributed by atoms with E-state index in [4.69, 9.17) is 14.2 Å². The summed E-state index contributed by atoms with van der Waals surface area (Å²) in [5.74, 6) is -0.718. The Morgan fingerprint density at radius 2 is 1.48 bits per heavy atom. The van der Waals surface area contributed by atoms with E-state index in [-0.39, 0.29) is 40.7 Å². The Labute approximate surface area is 176 Å². The van der Waals surface area contributed by atoms with Gasteiger partial charge >= 0.3 is 11.9 Å². The lowest BCUT2D eigenvalue weighted by molar-refractivity contribution is -0.384. The molecule has 0 bridgehead atoms. The predicted octanol–water partition coefficient (Wildman–Crippen LogP) is 3.53. The molecule has 0 unspecified atom stereocenters. The zero-order valence-corrected chi connectivity index (χ0v) is 16.3. The van der Waals surface area contributed by atoms with Crippen molar-refractivity contribution in [1.82, 2.24) is 0 Å². The molecule has 9 heteroatoms. The van der Waals surface area contributed by atoms with Crippen molar-refractivity contribution in [2.45, 2.75) is 6.61 Å². The zero-order chi connectivity index (χ0) is 22.4. The van der Waals surface area contributed by atoms with Gasteiger partial charge in [0.25, 0.3) is 5.69 Å². The highest BCUT2D eigenvalue weighted by molar-refractivity contribution is 5.94. The summed E-state index contributed by atoms with van der Waals surface area (Å²) in [4.78, 5) is 34.8. The van der Waals surface area contributed by atoms with Gasteiger partial charge in [0.05, 0.1) is 24.2 Å². The first-order valence-electron chi connectivity index (χ1n) is 8.98. The fourth-order valence-corrected chi connectivity index (χ4v) is 2.63. The molecule has 0 aliphatic carbocycles. The zero-order valence-electron chi connectivity index (χ0n) is 16.3. The monoisotopic (exact) mass is 423 g/mol. The Bertz CT molecular complexity index is 1110. The Hall–Kier alpha value is -4.24. The van der Waals surface area contributed by atoms with Gasteiger partial charge in [0, 0.05) is 12.1 Å². The van der Waals surface area contributed by atoms with E-state index in [1.54, 1.807) is 6.07 Å². The predicted molar refractivity (Wildman–Crippen MR) is 108 cm³/mol. The molecule has 0 heterocycles. The normalized spacial score (nSPS) is 10.3. The summed E-state index contributed by atoms with van der Waals surface area (Å²) in [6.45, 7) is -0.191. The summed E-state index contributed by atoms with van der Waals surface area (Å²) in [6.07, 6.45) is 0. The topological polar surface area (TPSA) is 125 Å². The molecule has 3 aromatic rings. The van der Waals surface area contributed by atoms with Crippen LogP contribution >= 0.6 is 0 Å². The second-order valence-electron chi connectivity index (χ2n) is 6.25. The molecule has 0 aliphatic rings. The number of nitrogens with zero attached hydrogens (tertiary/aromatic N) is 1. The van der Waals surface area contributed by atoms with Crippen LogP contribution < -0.4 is 14.2 Å². The summed E-state index contributed by atoms with van der Waals surface area (Å²) in [7, 11) is 1.40. The largest absolute Gasteiger partial charge is 0.496 e. The van der Waals surface area contributed by atoms with Gasteiger partial charge in [-0.3, -0.25) is 10.1 Å². The van der Waals surface area contributed by atoms with Gasteiger partial charge in [-0.15, -0.1) is 0 Å². The molecule has 31 heavy (non-hydrogen) atoms. The number of hydrogen-bond donors (Lipinski definition) is 1. The van der Waals surface area contributed by atoms with Crippen LogP contribution in [0.25, 0.3) is 0 Å². The van der Waals surface area contributed by atoms with Gasteiger partial charge in [0.1, 0.15) is 22.8 Å². The van der Waals surface area contributed by atoms with Crippen LogP contribution in [0.4, 0.5) is 5.69 Å². The third-order valence-corrected chi connectivity index (χ3v) is 4.23. The first-order valence-corrected chi connectivity index (χ1v) is 8.98. The highest BCUT2D eigenvalue weighted by Gasteiger charge is 2.16. The standard InChI is InChI=1S/C22H17NO8/c1-29-20-12-14(13-24)2-11-19(20)22(26)31-17-7-3-15(4-8-17)21(25)30-18-9-5-16(6-10-18)23(27)28/h2-12,24H,13H2,1H3. The summed E-state index contributed by atoms with van der Waals surface area (Å²) >= 11 is 0. The molecule has 0 amide bonds. The summed E-state index contributed by atoms with van der Waals surface area (Å²) in [6, 6.07) is 15.4. The van der Waals surface area contributed by atoms with Crippen molar-refractivity contribution in [2.75, 3.05) is 7.11 Å². The van der Waals surface area contributed by atoms with E-state index in [9.17, 15) is 24.8 Å². The minimum absolute atomic E-state index is 0.117. The number of nitro benzene ring substituents is 1. The quantitative estimate of drug-likeness (QED) is 0.265. The maximum absolute atomic E-state index is 12.4. The van der Waals surface area contributed by atoms with Gasteiger partial charge in [0.2, 0.25) is 0 Å². The summed E-state index contributed by atoms with van der Waals surface area (Å²) in [5.41, 5.74) is 0.849. The number of nitro groups is 1. The number of ether oxygens (including phenoxy) is 3. The number of aliphatic hydroxyl groups is 1. The average molecular weight is 423 g/mol. The van der Waals surface area contributed by atoms with Crippen LogP contribution in [0.1, 0.15) is 26.3 Å². The van der Waals surface area contributed by atoms with Crippen molar-refractivity contribution in [2.24, 2.45) is 0 Å². The van der Waals surface area contributed by atoms with Crippen molar-refractivity contribution in [3.63, 3.8) is 0 Å². The number of methoxy groups -OCH3 is 1. The molecule has 9 nitrogen and oxygen atoms in total. The second kappa shape index (κ2) is 9.51. The van der Waals surface area contributed by atoms with Gasteiger partial charge in [-0.05, 0) is 54.1 Å². The van der Waals surface area contributed by atoms with Crippen LogP contribution in [-0.2, 0) is 6.61 Å². The molecule has 0 radical (unpaired) electrons. The van der Waals surface area contributed by atoms with Crippen LogP contribution in [0.3, 0.4) is 0 Å². The van der Waals surface area contributed by atoms with Crippen molar-refractivity contribution in [3.05, 3.63) is 93.5 Å². The number of esters is 2. The smallest absolute Gasteiger partial charge is 0.347 e. The number of aliphatic hydroxyl groups excluding tert-OH is 1. The lowest BCUT2D eigenvalue weighted by Crippen LogP contribution is -2.11. The molecule has 0 saturated heterocycles. The van der Waals surface area contributed by atoms with Crippen molar-refractivity contribution < 1.29 is 33.8 Å². The molecule has 3 rings (SSSR count). The minimum atomic E-state index is -0.673. The Kier molecular flexibility index (Phi) is 6.58. The van der Waals surface area contributed by atoms with E-state index in [1.165, 1.54) is 67.8 Å². The van der Waals surface area contributed by atoms with Crippen molar-refractivity contribution >= 4 is 17.6 Å². The van der Waals surface area contributed by atoms with Gasteiger partial charge in [-0.25, -0.2) is 9.59 Å². The maximum atomic E-state index is 12.4. The Morgan fingerprint density at radius 3 is 2.03 bits per heavy atom. The lowest BCUT2D eigenvalue weighted by Gasteiger charge is -2.10. The number of benzene rings is 3. The van der Waals surface area contributed by atoms with Crippen molar-refractivity contribution in [3.8, 4) is 17.2 Å². The number of non-ortho nitro benzene ring substituents is 1. The van der Waals surface area contributed by atoms with Crippen molar-refractivity contribution in [1.29, 1.82) is 0 Å². The lowest BCUT2D eigenvalue weighted by atomic mass is 10.1. The van der Waals surface area contributed by atoms with Crippen LogP contribution in [0.15, 0.2) is 66.7 Å².